The number of anilines is 1. The zero-order valence-electron chi connectivity index (χ0n) is 11.1. The average Bonchev–Trinajstić information content (AvgIpc) is 2.36. The van der Waals surface area contributed by atoms with Gasteiger partial charge in [-0.3, -0.25) is 4.79 Å². The van der Waals surface area contributed by atoms with Crippen LogP contribution in [-0.2, 0) is 0 Å². The van der Waals surface area contributed by atoms with Crippen LogP contribution in [0.25, 0.3) is 0 Å². The van der Waals surface area contributed by atoms with E-state index in [9.17, 15) is 9.90 Å². The number of benzene rings is 1. The van der Waals surface area contributed by atoms with E-state index in [1.807, 2.05) is 6.92 Å². The second-order valence-electron chi connectivity index (χ2n) is 4.92. The van der Waals surface area contributed by atoms with Crippen molar-refractivity contribution in [1.82, 2.24) is 5.32 Å². The van der Waals surface area contributed by atoms with E-state index >= 15 is 0 Å². The number of hydrogen-bond donors (Lipinski definition) is 3. The number of nitrogen functional groups attached to an aromatic ring is 1. The Balaban J connectivity index is 2.07. The molecule has 19 heavy (non-hydrogen) atoms. The van der Waals surface area contributed by atoms with Crippen LogP contribution in [0.1, 0.15) is 36.5 Å². The molecule has 0 saturated heterocycles. The van der Waals surface area contributed by atoms with Gasteiger partial charge in [-0.05, 0) is 38.3 Å². The summed E-state index contributed by atoms with van der Waals surface area (Å²) in [5.41, 5.74) is 5.92. The average molecular weight is 264 g/mol. The number of nitrogens with one attached hydrogen (secondary N) is 1. The first-order valence-corrected chi connectivity index (χ1v) is 6.57. The number of nitrogens with two attached hydrogens (primary N) is 1. The second kappa shape index (κ2) is 5.48. The molecule has 4 N–H and O–H groups in total. The van der Waals surface area contributed by atoms with E-state index in [0.29, 0.717) is 23.6 Å². The van der Waals surface area contributed by atoms with Crippen LogP contribution in [0.4, 0.5) is 5.69 Å². The topological polar surface area (TPSA) is 84.6 Å². The van der Waals surface area contributed by atoms with Gasteiger partial charge in [0.25, 0.3) is 5.91 Å². The van der Waals surface area contributed by atoms with E-state index in [2.05, 4.69) is 5.32 Å². The van der Waals surface area contributed by atoms with Gasteiger partial charge in [0.2, 0.25) is 0 Å². The summed E-state index contributed by atoms with van der Waals surface area (Å²) in [6.07, 6.45) is 2.49. The molecule has 0 radical (unpaired) electrons. The van der Waals surface area contributed by atoms with Crippen molar-refractivity contribution in [2.75, 3.05) is 18.9 Å². The Labute approximate surface area is 112 Å². The summed E-state index contributed by atoms with van der Waals surface area (Å²) in [5, 5.41) is 12.7. The summed E-state index contributed by atoms with van der Waals surface area (Å²) in [4.78, 5) is 12.1. The standard InChI is InChI=1S/C14H20N2O3/c1-2-19-12-10(5-3-6-11(12)15)13(17)16-9-14(18)7-4-8-14/h3,5-6,18H,2,4,7-9,15H2,1H3,(H,16,17). The molecule has 104 valence electrons. The molecule has 1 saturated carbocycles. The number of ether oxygens (including phenoxy) is 1. The minimum atomic E-state index is -0.734. The number of amides is 1. The highest BCUT2D eigenvalue weighted by Crippen LogP contribution is 2.31. The molecule has 1 amide bonds. The Morgan fingerprint density at radius 1 is 1.53 bits per heavy atom. The van der Waals surface area contributed by atoms with Gasteiger partial charge in [-0.1, -0.05) is 6.07 Å². The van der Waals surface area contributed by atoms with E-state index in [1.54, 1.807) is 18.2 Å². The largest absolute Gasteiger partial charge is 0.491 e. The molecule has 1 aliphatic carbocycles. The van der Waals surface area contributed by atoms with Crippen molar-refractivity contribution in [2.45, 2.75) is 31.8 Å². The maximum Gasteiger partial charge on any atom is 0.255 e. The first-order chi connectivity index (χ1) is 9.06. The molecule has 0 aromatic heterocycles. The summed E-state index contributed by atoms with van der Waals surface area (Å²) in [6.45, 7) is 2.55. The van der Waals surface area contributed by atoms with Gasteiger partial charge in [0.15, 0.2) is 5.75 Å². The van der Waals surface area contributed by atoms with Crippen LogP contribution in [0.15, 0.2) is 18.2 Å². The lowest BCUT2D eigenvalue weighted by molar-refractivity contribution is -0.0300. The molecular formula is C14H20N2O3. The van der Waals surface area contributed by atoms with Gasteiger partial charge in [0, 0.05) is 6.54 Å². The first kappa shape index (κ1) is 13.7. The molecule has 0 unspecified atom stereocenters. The molecule has 5 nitrogen and oxygen atoms in total. The minimum absolute atomic E-state index is 0.268. The van der Waals surface area contributed by atoms with Crippen molar-refractivity contribution < 1.29 is 14.6 Å². The number of carbonyl (C=O) groups is 1. The summed E-state index contributed by atoms with van der Waals surface area (Å²) >= 11 is 0. The highest BCUT2D eigenvalue weighted by atomic mass is 16.5. The minimum Gasteiger partial charge on any atom is -0.491 e. The number of rotatable bonds is 5. The van der Waals surface area contributed by atoms with Crippen LogP contribution < -0.4 is 15.8 Å². The number of para-hydroxylation sites is 1. The highest BCUT2D eigenvalue weighted by Gasteiger charge is 2.34. The van der Waals surface area contributed by atoms with E-state index < -0.39 is 5.60 Å². The number of carbonyl (C=O) groups excluding carboxylic acids is 1. The smallest absolute Gasteiger partial charge is 0.255 e. The molecule has 5 heteroatoms. The lowest BCUT2D eigenvalue weighted by Crippen LogP contribution is -2.47. The summed E-state index contributed by atoms with van der Waals surface area (Å²) in [5.74, 6) is 0.138. The van der Waals surface area contributed by atoms with Crippen LogP contribution in [0.5, 0.6) is 5.75 Å². The quantitative estimate of drug-likeness (QED) is 0.700. The van der Waals surface area contributed by atoms with Gasteiger partial charge < -0.3 is 20.9 Å². The SMILES string of the molecule is CCOc1c(N)cccc1C(=O)NCC1(O)CCC1. The van der Waals surface area contributed by atoms with Gasteiger partial charge in [0.1, 0.15) is 0 Å². The third-order valence-electron chi connectivity index (χ3n) is 3.44. The monoisotopic (exact) mass is 264 g/mol. The third-order valence-corrected chi connectivity index (χ3v) is 3.44. The van der Waals surface area contributed by atoms with Gasteiger partial charge >= 0.3 is 0 Å². The fraction of sp³-hybridized carbons (Fsp3) is 0.500. The zero-order valence-corrected chi connectivity index (χ0v) is 11.1. The molecule has 1 fully saturated rings. The van der Waals surface area contributed by atoms with E-state index in [1.165, 1.54) is 0 Å². The molecule has 0 bridgehead atoms. The van der Waals surface area contributed by atoms with Gasteiger partial charge in [0.05, 0.1) is 23.5 Å². The molecule has 2 rings (SSSR count). The van der Waals surface area contributed by atoms with Crippen LogP contribution in [0.3, 0.4) is 0 Å². The second-order valence-corrected chi connectivity index (χ2v) is 4.92. The Morgan fingerprint density at radius 2 is 2.26 bits per heavy atom. The molecule has 1 aromatic rings. The Morgan fingerprint density at radius 3 is 2.84 bits per heavy atom. The van der Waals surface area contributed by atoms with E-state index in [-0.39, 0.29) is 12.5 Å². The van der Waals surface area contributed by atoms with E-state index in [0.717, 1.165) is 19.3 Å². The van der Waals surface area contributed by atoms with Crippen molar-refractivity contribution >= 4 is 11.6 Å². The highest BCUT2D eigenvalue weighted by molar-refractivity contribution is 5.98. The fourth-order valence-corrected chi connectivity index (χ4v) is 2.14. The Bertz CT molecular complexity index is 470. The van der Waals surface area contributed by atoms with Crippen LogP contribution in [0, 0.1) is 0 Å². The van der Waals surface area contributed by atoms with Crippen molar-refractivity contribution in [3.63, 3.8) is 0 Å². The summed E-state index contributed by atoms with van der Waals surface area (Å²) < 4.78 is 5.41. The Kier molecular flexibility index (Phi) is 3.95. The van der Waals surface area contributed by atoms with Crippen molar-refractivity contribution in [3.05, 3.63) is 23.8 Å². The predicted molar refractivity (Wildman–Crippen MR) is 73.2 cm³/mol. The molecule has 1 aliphatic rings. The van der Waals surface area contributed by atoms with Gasteiger partial charge in [-0.15, -0.1) is 0 Å². The maximum absolute atomic E-state index is 12.1. The summed E-state index contributed by atoms with van der Waals surface area (Å²) in [6, 6.07) is 5.08. The Hall–Kier alpha value is -1.75. The lowest BCUT2D eigenvalue weighted by Gasteiger charge is -2.36. The number of aliphatic hydroxyl groups is 1. The molecule has 0 atom stereocenters. The van der Waals surface area contributed by atoms with Crippen molar-refractivity contribution in [2.24, 2.45) is 0 Å². The van der Waals surface area contributed by atoms with Gasteiger partial charge in [-0.2, -0.15) is 0 Å². The fourth-order valence-electron chi connectivity index (χ4n) is 2.14. The van der Waals surface area contributed by atoms with Gasteiger partial charge in [-0.25, -0.2) is 0 Å². The predicted octanol–water partition coefficient (Wildman–Crippen LogP) is 1.31. The third kappa shape index (κ3) is 2.98. The summed E-state index contributed by atoms with van der Waals surface area (Å²) in [7, 11) is 0. The first-order valence-electron chi connectivity index (χ1n) is 6.57. The molecule has 0 aliphatic heterocycles. The van der Waals surface area contributed by atoms with E-state index in [4.69, 9.17) is 10.5 Å². The molecule has 0 spiro atoms. The van der Waals surface area contributed by atoms with Crippen molar-refractivity contribution in [3.8, 4) is 5.75 Å². The molecular weight excluding hydrogens is 244 g/mol. The van der Waals surface area contributed by atoms with Crippen LogP contribution in [0.2, 0.25) is 0 Å². The lowest BCUT2D eigenvalue weighted by atomic mass is 9.80. The normalized spacial score (nSPS) is 16.5. The maximum atomic E-state index is 12.1. The molecule has 0 heterocycles. The van der Waals surface area contributed by atoms with Crippen LogP contribution >= 0.6 is 0 Å². The van der Waals surface area contributed by atoms with Crippen LogP contribution in [-0.4, -0.2) is 29.8 Å². The molecule has 1 aromatic carbocycles. The van der Waals surface area contributed by atoms with Crippen molar-refractivity contribution in [1.29, 1.82) is 0 Å². The number of hydrogen-bond acceptors (Lipinski definition) is 4. The zero-order chi connectivity index (χ0) is 13.9.